The SMILES string of the molecule is CS(=O)(=O)[O-].N#[N+]c1ccc([N+](=O)[O-])cc1. The first kappa shape index (κ1) is 13.9. The van der Waals surface area contributed by atoms with Gasteiger partial charge >= 0.3 is 5.69 Å². The van der Waals surface area contributed by atoms with Gasteiger partial charge in [-0.25, -0.2) is 8.42 Å². The predicted molar refractivity (Wildman–Crippen MR) is 53.5 cm³/mol. The number of nitrogens with zero attached hydrogens (tertiary/aromatic N) is 3. The van der Waals surface area contributed by atoms with Crippen molar-refractivity contribution in [3.8, 4) is 0 Å². The van der Waals surface area contributed by atoms with Gasteiger partial charge in [0.05, 0.1) is 15.0 Å². The van der Waals surface area contributed by atoms with E-state index in [1.165, 1.54) is 24.3 Å². The van der Waals surface area contributed by atoms with Crippen LogP contribution in [0.15, 0.2) is 24.3 Å². The largest absolute Gasteiger partial charge is 0.748 e. The second kappa shape index (κ2) is 5.74. The summed E-state index contributed by atoms with van der Waals surface area (Å²) >= 11 is 0. The lowest BCUT2D eigenvalue weighted by molar-refractivity contribution is -0.384. The van der Waals surface area contributed by atoms with E-state index in [2.05, 4.69) is 4.98 Å². The predicted octanol–water partition coefficient (Wildman–Crippen LogP) is 1.24. The highest BCUT2D eigenvalue weighted by Crippen LogP contribution is 2.16. The van der Waals surface area contributed by atoms with E-state index in [1.54, 1.807) is 0 Å². The summed E-state index contributed by atoms with van der Waals surface area (Å²) in [5.41, 5.74) is 0.285. The van der Waals surface area contributed by atoms with Gasteiger partial charge in [-0.05, 0) is 0 Å². The molecule has 9 heteroatoms. The number of diazo groups is 1. The van der Waals surface area contributed by atoms with Gasteiger partial charge in [-0.1, -0.05) is 0 Å². The maximum absolute atomic E-state index is 10.1. The molecule has 0 aliphatic heterocycles. The highest BCUT2D eigenvalue weighted by atomic mass is 32.2. The Hall–Kier alpha value is -2.05. The highest BCUT2D eigenvalue weighted by Gasteiger charge is 2.08. The number of non-ortho nitro benzene ring substituents is 1. The molecule has 0 aliphatic carbocycles. The molecule has 0 amide bonds. The average Bonchev–Trinajstić information content (AvgIpc) is 2.15. The Bertz CT molecular complexity index is 494. The lowest BCUT2D eigenvalue weighted by Crippen LogP contribution is -1.88. The van der Waals surface area contributed by atoms with E-state index in [1.807, 2.05) is 0 Å². The van der Waals surface area contributed by atoms with Crippen LogP contribution in [0.3, 0.4) is 0 Å². The molecule has 8 nitrogen and oxygen atoms in total. The summed E-state index contributed by atoms with van der Waals surface area (Å²) in [6.45, 7) is 0. The van der Waals surface area contributed by atoms with Crippen molar-refractivity contribution in [2.75, 3.05) is 6.26 Å². The molecule has 0 N–H and O–H groups in total. The van der Waals surface area contributed by atoms with Gasteiger partial charge in [-0.15, -0.1) is 0 Å². The van der Waals surface area contributed by atoms with Crippen molar-refractivity contribution in [2.24, 2.45) is 0 Å². The molecule has 1 aromatic carbocycles. The van der Waals surface area contributed by atoms with E-state index in [-0.39, 0.29) is 5.69 Å². The van der Waals surface area contributed by atoms with Crippen LogP contribution in [0.1, 0.15) is 0 Å². The van der Waals surface area contributed by atoms with E-state index < -0.39 is 15.0 Å². The van der Waals surface area contributed by atoms with Crippen LogP contribution < -0.4 is 0 Å². The van der Waals surface area contributed by atoms with Crippen LogP contribution in [0.2, 0.25) is 0 Å². The number of hydrogen-bond donors (Lipinski definition) is 0. The fraction of sp³-hybridized carbons (Fsp3) is 0.143. The highest BCUT2D eigenvalue weighted by molar-refractivity contribution is 7.84. The third kappa shape index (κ3) is 7.36. The fourth-order valence-corrected chi connectivity index (χ4v) is 0.641. The smallest absolute Gasteiger partial charge is 0.385 e. The summed E-state index contributed by atoms with van der Waals surface area (Å²) in [5, 5.41) is 18.3. The summed E-state index contributed by atoms with van der Waals surface area (Å²) in [6, 6.07) is 5.26. The standard InChI is InChI=1S/C6H4N3O2.CH4O3S/c7-8-5-1-3-6(4-2-5)9(10)11;1-5(2,3)4/h1-4H;1H3,(H,2,3,4)/q+1;/p-1. The zero-order chi connectivity index (χ0) is 12.8. The van der Waals surface area contributed by atoms with Crippen molar-refractivity contribution in [3.05, 3.63) is 39.4 Å². The van der Waals surface area contributed by atoms with Gasteiger partial charge in [0, 0.05) is 30.5 Å². The Morgan fingerprint density at radius 1 is 1.31 bits per heavy atom. The van der Waals surface area contributed by atoms with E-state index in [0.29, 0.717) is 11.9 Å². The molecule has 86 valence electrons. The summed E-state index contributed by atoms with van der Waals surface area (Å²) in [7, 11) is -3.92. The van der Waals surface area contributed by atoms with E-state index in [4.69, 9.17) is 18.4 Å². The molecule has 0 radical (unpaired) electrons. The van der Waals surface area contributed by atoms with E-state index in [0.717, 1.165) is 0 Å². The molecule has 0 bridgehead atoms. The first-order valence-electron chi connectivity index (χ1n) is 3.74. The molecule has 0 fully saturated rings. The molecule has 1 aromatic rings. The first-order valence-corrected chi connectivity index (χ1v) is 5.56. The summed E-state index contributed by atoms with van der Waals surface area (Å²) < 4.78 is 27.2. The summed E-state index contributed by atoms with van der Waals surface area (Å²) in [4.78, 5) is 12.4. The van der Waals surface area contributed by atoms with Gasteiger partial charge in [-0.2, -0.15) is 0 Å². The lowest BCUT2D eigenvalue weighted by atomic mass is 10.3. The third-order valence-electron chi connectivity index (χ3n) is 1.18. The maximum atomic E-state index is 10.1. The molecule has 0 aliphatic rings. The van der Waals surface area contributed by atoms with Crippen LogP contribution >= 0.6 is 0 Å². The van der Waals surface area contributed by atoms with Crippen molar-refractivity contribution in [1.82, 2.24) is 0 Å². The number of rotatable bonds is 1. The third-order valence-corrected chi connectivity index (χ3v) is 1.18. The van der Waals surface area contributed by atoms with E-state index in [9.17, 15) is 10.1 Å². The van der Waals surface area contributed by atoms with Crippen molar-refractivity contribution in [2.45, 2.75) is 0 Å². The van der Waals surface area contributed by atoms with Crippen molar-refractivity contribution in [3.63, 3.8) is 0 Å². The summed E-state index contributed by atoms with van der Waals surface area (Å²) in [5.74, 6) is 0. The maximum Gasteiger partial charge on any atom is 0.385 e. The Balaban J connectivity index is 0.000000385. The zero-order valence-electron chi connectivity index (χ0n) is 8.10. The van der Waals surface area contributed by atoms with Gasteiger partial charge in [-0.3, -0.25) is 10.1 Å². The van der Waals surface area contributed by atoms with Crippen LogP contribution in [-0.2, 0) is 10.1 Å². The van der Waals surface area contributed by atoms with Gasteiger partial charge in [0.2, 0.25) is 5.39 Å². The number of nitro benzene ring substituents is 1. The second-order valence-corrected chi connectivity index (χ2v) is 3.99. The molecule has 16 heavy (non-hydrogen) atoms. The van der Waals surface area contributed by atoms with Crippen LogP contribution in [0.4, 0.5) is 11.4 Å². The van der Waals surface area contributed by atoms with Crippen molar-refractivity contribution in [1.29, 1.82) is 5.39 Å². The van der Waals surface area contributed by atoms with Crippen LogP contribution in [0.5, 0.6) is 0 Å². The second-order valence-electron chi connectivity index (χ2n) is 2.58. The van der Waals surface area contributed by atoms with Crippen molar-refractivity contribution >= 4 is 21.5 Å². The molecule has 0 unspecified atom stereocenters. The molecule has 0 saturated heterocycles. The van der Waals surface area contributed by atoms with Crippen molar-refractivity contribution < 1.29 is 17.9 Å². The molecule has 0 saturated carbocycles. The van der Waals surface area contributed by atoms with Gasteiger partial charge in [0.15, 0.2) is 4.98 Å². The Kier molecular flexibility index (Phi) is 5.00. The van der Waals surface area contributed by atoms with Gasteiger partial charge < -0.3 is 4.55 Å². The molecular formula is C7H7N3O5S. The number of hydrogen-bond acceptors (Lipinski definition) is 6. The number of nitro groups is 1. The van der Waals surface area contributed by atoms with Crippen LogP contribution in [0.25, 0.3) is 4.98 Å². The minimum Gasteiger partial charge on any atom is -0.748 e. The number of benzene rings is 1. The Labute approximate surface area is 91.0 Å². The molecule has 0 aromatic heterocycles. The monoisotopic (exact) mass is 245 g/mol. The molecule has 1 rings (SSSR count). The lowest BCUT2D eigenvalue weighted by Gasteiger charge is -1.90. The molecule has 0 heterocycles. The van der Waals surface area contributed by atoms with E-state index >= 15 is 0 Å². The summed E-state index contributed by atoms with van der Waals surface area (Å²) in [6.07, 6.45) is 0.604. The topological polar surface area (TPSA) is 128 Å². The minimum absolute atomic E-state index is 0.0163. The van der Waals surface area contributed by atoms with Crippen LogP contribution in [-0.4, -0.2) is 24.1 Å². The molecule has 0 atom stereocenters. The van der Waals surface area contributed by atoms with Crippen LogP contribution in [0, 0.1) is 15.5 Å². The first-order chi connectivity index (χ1) is 7.24. The minimum atomic E-state index is -3.92. The average molecular weight is 245 g/mol. The quantitative estimate of drug-likeness (QED) is 0.316. The molecule has 0 spiro atoms. The van der Waals surface area contributed by atoms with Gasteiger partial charge in [0.25, 0.3) is 5.69 Å². The Morgan fingerprint density at radius 3 is 1.94 bits per heavy atom. The fourth-order valence-electron chi connectivity index (χ4n) is 0.641. The molecular weight excluding hydrogens is 238 g/mol. The Morgan fingerprint density at radius 2 is 1.69 bits per heavy atom. The normalized spacial score (nSPS) is 9.56. The van der Waals surface area contributed by atoms with Gasteiger partial charge in [0.1, 0.15) is 0 Å². The zero-order valence-corrected chi connectivity index (χ0v) is 8.92.